The number of fused-ring (bicyclic) bond motifs is 1. The second-order valence-electron chi connectivity index (χ2n) is 7.35. The highest BCUT2D eigenvalue weighted by molar-refractivity contribution is 5.82. The third-order valence-electron chi connectivity index (χ3n) is 5.56. The largest absolute Gasteiger partial charge is 0.378 e. The molecule has 2 aliphatic rings. The number of morpholine rings is 1. The zero-order valence-electron chi connectivity index (χ0n) is 16.2. The van der Waals surface area contributed by atoms with E-state index in [9.17, 15) is 14.4 Å². The fourth-order valence-corrected chi connectivity index (χ4v) is 3.85. The summed E-state index contributed by atoms with van der Waals surface area (Å²) >= 11 is 0. The lowest BCUT2D eigenvalue weighted by molar-refractivity contribution is -0.143. The number of piperidine rings is 1. The van der Waals surface area contributed by atoms with Gasteiger partial charge in [-0.1, -0.05) is 6.07 Å². The molecule has 0 saturated carbocycles. The lowest BCUT2D eigenvalue weighted by Crippen LogP contribution is -2.48. The van der Waals surface area contributed by atoms with E-state index in [1.165, 1.54) is 10.6 Å². The molecule has 0 bridgehead atoms. The van der Waals surface area contributed by atoms with E-state index in [0.29, 0.717) is 63.6 Å². The van der Waals surface area contributed by atoms with Gasteiger partial charge < -0.3 is 19.9 Å². The lowest BCUT2D eigenvalue weighted by atomic mass is 9.95. The molecule has 0 aromatic carbocycles. The fourth-order valence-electron chi connectivity index (χ4n) is 3.85. The summed E-state index contributed by atoms with van der Waals surface area (Å²) in [6.07, 6.45) is 4.44. The van der Waals surface area contributed by atoms with Crippen LogP contribution >= 0.6 is 0 Å². The third kappa shape index (κ3) is 4.24. The molecular formula is C20H25N5O4. The van der Waals surface area contributed by atoms with Gasteiger partial charge >= 0.3 is 0 Å². The number of likely N-dealkylation sites (tertiary alicyclic amines) is 1. The van der Waals surface area contributed by atoms with Gasteiger partial charge in [0.1, 0.15) is 11.3 Å². The van der Waals surface area contributed by atoms with E-state index in [4.69, 9.17) is 4.74 Å². The van der Waals surface area contributed by atoms with Crippen molar-refractivity contribution in [2.45, 2.75) is 12.8 Å². The van der Waals surface area contributed by atoms with Gasteiger partial charge in [0.15, 0.2) is 0 Å². The number of nitrogens with one attached hydrogen (secondary N) is 1. The van der Waals surface area contributed by atoms with Crippen LogP contribution < -0.4 is 10.9 Å². The molecule has 0 aliphatic carbocycles. The normalized spacial score (nSPS) is 18.1. The minimum Gasteiger partial charge on any atom is -0.378 e. The number of ether oxygens (including phenoxy) is 1. The van der Waals surface area contributed by atoms with Crippen molar-refractivity contribution in [3.8, 4) is 0 Å². The van der Waals surface area contributed by atoms with Gasteiger partial charge in [0.2, 0.25) is 11.8 Å². The molecule has 0 atom stereocenters. The van der Waals surface area contributed by atoms with Gasteiger partial charge in [-0.05, 0) is 25.0 Å². The highest BCUT2D eigenvalue weighted by Crippen LogP contribution is 2.20. The zero-order valence-corrected chi connectivity index (χ0v) is 16.2. The molecule has 2 aliphatic heterocycles. The topological polar surface area (TPSA) is 96.2 Å². The first-order valence-electron chi connectivity index (χ1n) is 9.98. The van der Waals surface area contributed by atoms with Gasteiger partial charge in [0, 0.05) is 38.3 Å². The molecule has 9 heteroatoms. The van der Waals surface area contributed by atoms with Crippen molar-refractivity contribution in [1.82, 2.24) is 19.2 Å². The minimum atomic E-state index is -0.238. The van der Waals surface area contributed by atoms with E-state index in [2.05, 4.69) is 10.3 Å². The Balaban J connectivity index is 1.30. The molecular weight excluding hydrogens is 374 g/mol. The average Bonchev–Trinajstić information content (AvgIpc) is 2.79. The zero-order chi connectivity index (χ0) is 20.2. The van der Waals surface area contributed by atoms with Gasteiger partial charge in [-0.3, -0.25) is 18.8 Å². The molecule has 2 saturated heterocycles. The number of hydrogen-bond acceptors (Lipinski definition) is 6. The molecule has 29 heavy (non-hydrogen) atoms. The van der Waals surface area contributed by atoms with Crippen LogP contribution in [0.3, 0.4) is 0 Å². The summed E-state index contributed by atoms with van der Waals surface area (Å²) in [5.74, 6) is 0.0630. The average molecular weight is 399 g/mol. The number of nitrogens with zero attached hydrogens (tertiary/aromatic N) is 4. The number of aromatic nitrogens is 2. The number of rotatable bonds is 4. The second-order valence-corrected chi connectivity index (χ2v) is 7.35. The maximum atomic E-state index is 12.6. The molecule has 4 rings (SSSR count). The van der Waals surface area contributed by atoms with Gasteiger partial charge in [-0.25, -0.2) is 4.98 Å². The number of amides is 2. The summed E-state index contributed by atoms with van der Waals surface area (Å²) in [6, 6.07) is 5.32. The summed E-state index contributed by atoms with van der Waals surface area (Å²) in [5.41, 5.74) is 0.610. The Morgan fingerprint density at radius 3 is 2.62 bits per heavy atom. The van der Waals surface area contributed by atoms with Crippen molar-refractivity contribution in [1.29, 1.82) is 0 Å². The third-order valence-corrected chi connectivity index (χ3v) is 5.56. The van der Waals surface area contributed by atoms with E-state index < -0.39 is 0 Å². The van der Waals surface area contributed by atoms with Crippen molar-refractivity contribution in [3.05, 3.63) is 40.9 Å². The van der Waals surface area contributed by atoms with E-state index in [1.54, 1.807) is 23.2 Å². The van der Waals surface area contributed by atoms with Crippen LogP contribution in [0.4, 0.5) is 5.69 Å². The van der Waals surface area contributed by atoms with Gasteiger partial charge in [0.25, 0.3) is 5.56 Å². The highest BCUT2D eigenvalue weighted by Gasteiger charge is 2.30. The van der Waals surface area contributed by atoms with Crippen molar-refractivity contribution in [3.63, 3.8) is 0 Å². The molecule has 4 heterocycles. The quantitative estimate of drug-likeness (QED) is 0.789. The Kier molecular flexibility index (Phi) is 5.75. The Morgan fingerprint density at radius 1 is 1.10 bits per heavy atom. The fraction of sp³-hybridized carbons (Fsp3) is 0.500. The standard InChI is InChI=1S/C20H25N5O4/c26-18(14-21-16-13-22-17-3-1-2-6-25(17)20(16)28)23-7-4-15(5-8-23)19(27)24-9-11-29-12-10-24/h1-3,6,13,15,21H,4-5,7-12,14H2. The number of carbonyl (C=O) groups is 2. The summed E-state index contributed by atoms with van der Waals surface area (Å²) < 4.78 is 6.74. The van der Waals surface area contributed by atoms with Crippen LogP contribution in [-0.4, -0.2) is 76.9 Å². The Bertz CT molecular complexity index is 945. The van der Waals surface area contributed by atoms with E-state index in [0.717, 1.165) is 0 Å². The lowest BCUT2D eigenvalue weighted by Gasteiger charge is -2.35. The Labute approximate surface area is 168 Å². The summed E-state index contributed by atoms with van der Waals surface area (Å²) in [5, 5.41) is 2.91. The molecule has 0 spiro atoms. The van der Waals surface area contributed by atoms with Crippen LogP contribution in [-0.2, 0) is 14.3 Å². The van der Waals surface area contributed by atoms with Crippen LogP contribution in [0.15, 0.2) is 35.4 Å². The summed E-state index contributed by atoms with van der Waals surface area (Å²) in [7, 11) is 0. The molecule has 154 valence electrons. The van der Waals surface area contributed by atoms with Crippen LogP contribution in [0.5, 0.6) is 0 Å². The van der Waals surface area contributed by atoms with Crippen molar-refractivity contribution in [2.75, 3.05) is 51.3 Å². The second kappa shape index (κ2) is 8.60. The molecule has 0 unspecified atom stereocenters. The number of hydrogen-bond donors (Lipinski definition) is 1. The van der Waals surface area contributed by atoms with E-state index in [1.807, 2.05) is 11.0 Å². The van der Waals surface area contributed by atoms with E-state index in [-0.39, 0.29) is 29.8 Å². The first-order chi connectivity index (χ1) is 14.1. The maximum absolute atomic E-state index is 12.6. The van der Waals surface area contributed by atoms with Crippen LogP contribution in [0.25, 0.3) is 5.65 Å². The van der Waals surface area contributed by atoms with Crippen LogP contribution in [0, 0.1) is 5.92 Å². The van der Waals surface area contributed by atoms with Crippen molar-refractivity contribution < 1.29 is 14.3 Å². The molecule has 2 aromatic heterocycles. The Morgan fingerprint density at radius 2 is 1.86 bits per heavy atom. The summed E-state index contributed by atoms with van der Waals surface area (Å²) in [6.45, 7) is 3.62. The van der Waals surface area contributed by atoms with Gasteiger partial charge in [0.05, 0.1) is 26.0 Å². The summed E-state index contributed by atoms with van der Waals surface area (Å²) in [4.78, 5) is 45.5. The number of anilines is 1. The molecule has 2 aromatic rings. The number of carbonyl (C=O) groups excluding carboxylic acids is 2. The van der Waals surface area contributed by atoms with Crippen LogP contribution in [0.1, 0.15) is 12.8 Å². The molecule has 9 nitrogen and oxygen atoms in total. The van der Waals surface area contributed by atoms with E-state index >= 15 is 0 Å². The van der Waals surface area contributed by atoms with Gasteiger partial charge in [-0.15, -0.1) is 0 Å². The minimum absolute atomic E-state index is 0.0257. The highest BCUT2D eigenvalue weighted by atomic mass is 16.5. The first-order valence-corrected chi connectivity index (χ1v) is 9.98. The first kappa shape index (κ1) is 19.4. The SMILES string of the molecule is O=C(CNc1cnc2ccccn2c1=O)N1CCC(C(=O)N2CCOCC2)CC1. The molecule has 1 N–H and O–H groups in total. The molecule has 2 amide bonds. The molecule has 0 radical (unpaired) electrons. The van der Waals surface area contributed by atoms with Gasteiger partial charge in [-0.2, -0.15) is 0 Å². The predicted octanol–water partition coefficient (Wildman–Crippen LogP) is 0.204. The Hall–Kier alpha value is -2.94. The van der Waals surface area contributed by atoms with Crippen LogP contribution in [0.2, 0.25) is 0 Å². The number of pyridine rings is 1. The van der Waals surface area contributed by atoms with Crippen molar-refractivity contribution >= 4 is 23.1 Å². The smallest absolute Gasteiger partial charge is 0.281 e. The molecule has 2 fully saturated rings. The predicted molar refractivity (Wildman–Crippen MR) is 107 cm³/mol. The monoisotopic (exact) mass is 399 g/mol. The maximum Gasteiger partial charge on any atom is 0.281 e. The van der Waals surface area contributed by atoms with Crippen molar-refractivity contribution in [2.24, 2.45) is 5.92 Å².